The summed E-state index contributed by atoms with van der Waals surface area (Å²) in [4.78, 5) is 18.7. The number of fused-ring (bicyclic) bond motifs is 1. The van der Waals surface area contributed by atoms with E-state index in [1.165, 1.54) is 11.8 Å². The maximum atomic E-state index is 11.7. The van der Waals surface area contributed by atoms with Crippen LogP contribution in [0.1, 0.15) is 25.0 Å². The molecule has 0 aliphatic carbocycles. The summed E-state index contributed by atoms with van der Waals surface area (Å²) in [6, 6.07) is 8.15. The third kappa shape index (κ3) is 3.47. The summed E-state index contributed by atoms with van der Waals surface area (Å²) in [5.41, 5.74) is 2.61. The van der Waals surface area contributed by atoms with Crippen molar-refractivity contribution in [1.82, 2.24) is 20.2 Å². The molecule has 3 rings (SSSR count). The van der Waals surface area contributed by atoms with Crippen LogP contribution in [0.5, 0.6) is 0 Å². The molecule has 0 radical (unpaired) electrons. The molecule has 0 aliphatic rings. The van der Waals surface area contributed by atoms with E-state index in [9.17, 15) is 4.79 Å². The average molecular weight is 285 g/mol. The van der Waals surface area contributed by atoms with Gasteiger partial charge in [-0.15, -0.1) is 0 Å². The number of aromatic amines is 2. The largest absolute Gasteiger partial charge is 0.352 e. The summed E-state index contributed by atoms with van der Waals surface area (Å²) in [7, 11) is 0. The molecule has 2 aromatic heterocycles. The van der Waals surface area contributed by atoms with Gasteiger partial charge < -0.3 is 5.32 Å². The van der Waals surface area contributed by atoms with Crippen LogP contribution in [-0.2, 0) is 6.54 Å². The normalized spacial score (nSPS) is 10.0. The van der Waals surface area contributed by atoms with Crippen LogP contribution < -0.4 is 10.9 Å². The van der Waals surface area contributed by atoms with Crippen molar-refractivity contribution in [3.8, 4) is 0 Å². The summed E-state index contributed by atoms with van der Waals surface area (Å²) in [6.45, 7) is 6.64. The number of aromatic nitrogens is 4. The number of hydrogen-bond donors (Lipinski definition) is 3. The summed E-state index contributed by atoms with van der Waals surface area (Å²) in [6.07, 6.45) is 1.46. The van der Waals surface area contributed by atoms with Gasteiger partial charge in [-0.05, 0) is 12.5 Å². The van der Waals surface area contributed by atoms with Crippen molar-refractivity contribution in [3.63, 3.8) is 0 Å². The van der Waals surface area contributed by atoms with E-state index in [2.05, 4.69) is 31.5 Å². The molecule has 6 heteroatoms. The van der Waals surface area contributed by atoms with E-state index >= 15 is 0 Å². The van der Waals surface area contributed by atoms with Gasteiger partial charge in [-0.1, -0.05) is 43.7 Å². The van der Waals surface area contributed by atoms with Gasteiger partial charge in [-0.25, -0.2) is 0 Å². The molecular formula is C15H19N5O. The van der Waals surface area contributed by atoms with Gasteiger partial charge in [0.1, 0.15) is 5.39 Å². The molecule has 0 atom stereocenters. The first kappa shape index (κ1) is 14.8. The summed E-state index contributed by atoms with van der Waals surface area (Å²) < 4.78 is 0. The van der Waals surface area contributed by atoms with Crippen molar-refractivity contribution in [1.29, 1.82) is 0 Å². The lowest BCUT2D eigenvalue weighted by molar-refractivity contribution is 1.04. The van der Waals surface area contributed by atoms with Crippen LogP contribution in [-0.4, -0.2) is 20.2 Å². The van der Waals surface area contributed by atoms with Crippen molar-refractivity contribution in [3.05, 3.63) is 51.9 Å². The topological polar surface area (TPSA) is 86.5 Å². The van der Waals surface area contributed by atoms with Crippen LogP contribution >= 0.6 is 0 Å². The average Bonchev–Trinajstić information content (AvgIpc) is 2.96. The highest BCUT2D eigenvalue weighted by Crippen LogP contribution is 2.08. The van der Waals surface area contributed by atoms with Crippen LogP contribution in [0.4, 0.5) is 5.95 Å². The number of H-pyrrole nitrogens is 2. The standard InChI is InChI=1S/C13H13N5O.C2H6/c1-8-3-2-4-9(5-8)6-14-13-16-11-10(7-15-18-11)12(19)17-13;1-2/h2-5,7H,6H2,1H3,(H3,14,15,16,17,18,19);1-2H3. The number of benzene rings is 1. The molecular weight excluding hydrogens is 266 g/mol. The summed E-state index contributed by atoms with van der Waals surface area (Å²) in [5, 5.41) is 10.0. The smallest absolute Gasteiger partial charge is 0.263 e. The molecule has 0 spiro atoms. The molecule has 1 aromatic carbocycles. The first-order valence-corrected chi connectivity index (χ1v) is 6.95. The molecule has 3 N–H and O–H groups in total. The summed E-state index contributed by atoms with van der Waals surface area (Å²) >= 11 is 0. The van der Waals surface area contributed by atoms with Gasteiger partial charge in [-0.2, -0.15) is 10.1 Å². The van der Waals surface area contributed by atoms with Crippen molar-refractivity contribution in [2.45, 2.75) is 27.3 Å². The second-order valence-electron chi connectivity index (χ2n) is 4.39. The van der Waals surface area contributed by atoms with Crippen LogP contribution in [0.15, 0.2) is 35.3 Å². The number of anilines is 1. The van der Waals surface area contributed by atoms with Gasteiger partial charge in [0.2, 0.25) is 5.95 Å². The zero-order valence-electron chi connectivity index (χ0n) is 12.4. The molecule has 21 heavy (non-hydrogen) atoms. The molecule has 110 valence electrons. The Balaban J connectivity index is 0.000000774. The monoisotopic (exact) mass is 285 g/mol. The fraction of sp³-hybridized carbons (Fsp3) is 0.267. The molecule has 0 saturated heterocycles. The quantitative estimate of drug-likeness (QED) is 0.690. The van der Waals surface area contributed by atoms with E-state index in [1.807, 2.05) is 39.0 Å². The number of aryl methyl sites for hydroxylation is 1. The Labute approximate surface area is 122 Å². The second-order valence-corrected chi connectivity index (χ2v) is 4.39. The van der Waals surface area contributed by atoms with Gasteiger partial charge in [0.05, 0.1) is 6.20 Å². The highest BCUT2D eigenvalue weighted by molar-refractivity contribution is 5.73. The highest BCUT2D eigenvalue weighted by atomic mass is 16.1. The van der Waals surface area contributed by atoms with E-state index in [0.29, 0.717) is 23.5 Å². The number of hydrogen-bond acceptors (Lipinski definition) is 4. The van der Waals surface area contributed by atoms with E-state index in [0.717, 1.165) is 5.56 Å². The first-order valence-electron chi connectivity index (χ1n) is 6.95. The van der Waals surface area contributed by atoms with E-state index < -0.39 is 0 Å². The molecule has 0 amide bonds. The third-order valence-electron chi connectivity index (χ3n) is 2.86. The van der Waals surface area contributed by atoms with Gasteiger partial charge >= 0.3 is 0 Å². The van der Waals surface area contributed by atoms with E-state index in [1.54, 1.807) is 0 Å². The molecule has 0 bridgehead atoms. The Morgan fingerprint density at radius 1 is 1.29 bits per heavy atom. The molecule has 2 heterocycles. The molecule has 3 aromatic rings. The minimum atomic E-state index is -0.203. The van der Waals surface area contributed by atoms with Gasteiger partial charge in [0.25, 0.3) is 5.56 Å². The number of nitrogens with one attached hydrogen (secondary N) is 3. The zero-order chi connectivity index (χ0) is 15.2. The fourth-order valence-electron chi connectivity index (χ4n) is 1.94. The molecule has 0 aliphatic heterocycles. The Bertz CT molecular complexity index is 775. The Hall–Kier alpha value is -2.63. The van der Waals surface area contributed by atoms with Gasteiger partial charge in [0.15, 0.2) is 5.65 Å². The number of rotatable bonds is 3. The lowest BCUT2D eigenvalue weighted by atomic mass is 10.1. The SMILES string of the molecule is CC.Cc1cccc(CNc2nc3[nH]ncc3c(=O)[nH]2)c1. The van der Waals surface area contributed by atoms with Gasteiger partial charge in [0, 0.05) is 6.54 Å². The Kier molecular flexibility index (Phi) is 4.71. The maximum absolute atomic E-state index is 11.7. The van der Waals surface area contributed by atoms with Crippen LogP contribution in [0.3, 0.4) is 0 Å². The zero-order valence-corrected chi connectivity index (χ0v) is 12.4. The van der Waals surface area contributed by atoms with Gasteiger partial charge in [-0.3, -0.25) is 14.9 Å². The molecule has 6 nitrogen and oxygen atoms in total. The predicted molar refractivity (Wildman–Crippen MR) is 84.4 cm³/mol. The van der Waals surface area contributed by atoms with Crippen molar-refractivity contribution in [2.75, 3.05) is 5.32 Å². The van der Waals surface area contributed by atoms with Crippen LogP contribution in [0.25, 0.3) is 11.0 Å². The lowest BCUT2D eigenvalue weighted by Crippen LogP contribution is -2.12. The highest BCUT2D eigenvalue weighted by Gasteiger charge is 2.04. The Morgan fingerprint density at radius 3 is 2.86 bits per heavy atom. The second kappa shape index (κ2) is 6.69. The van der Waals surface area contributed by atoms with Crippen molar-refractivity contribution < 1.29 is 0 Å². The van der Waals surface area contributed by atoms with Crippen LogP contribution in [0, 0.1) is 6.92 Å². The predicted octanol–water partition coefficient (Wildman–Crippen LogP) is 2.59. The minimum Gasteiger partial charge on any atom is -0.352 e. The fourth-order valence-corrected chi connectivity index (χ4v) is 1.94. The Morgan fingerprint density at radius 2 is 2.10 bits per heavy atom. The third-order valence-corrected chi connectivity index (χ3v) is 2.86. The lowest BCUT2D eigenvalue weighted by Gasteiger charge is -2.05. The van der Waals surface area contributed by atoms with Crippen molar-refractivity contribution in [2.24, 2.45) is 0 Å². The molecule has 0 fully saturated rings. The summed E-state index contributed by atoms with van der Waals surface area (Å²) in [5.74, 6) is 0.434. The number of nitrogens with zero attached hydrogens (tertiary/aromatic N) is 2. The maximum Gasteiger partial charge on any atom is 0.263 e. The van der Waals surface area contributed by atoms with Crippen LogP contribution in [0.2, 0.25) is 0 Å². The minimum absolute atomic E-state index is 0.203. The van der Waals surface area contributed by atoms with E-state index in [4.69, 9.17) is 0 Å². The van der Waals surface area contributed by atoms with Crippen molar-refractivity contribution >= 4 is 17.0 Å². The van der Waals surface area contributed by atoms with E-state index in [-0.39, 0.29) is 5.56 Å². The molecule has 0 saturated carbocycles. The first-order chi connectivity index (χ1) is 10.2. The molecule has 0 unspecified atom stereocenters.